The Morgan fingerprint density at radius 1 is 1.30 bits per heavy atom. The fourth-order valence-corrected chi connectivity index (χ4v) is 4.24. The van der Waals surface area contributed by atoms with Gasteiger partial charge in [0, 0.05) is 5.92 Å². The Labute approximate surface area is 117 Å². The highest BCUT2D eigenvalue weighted by molar-refractivity contribution is 7.96. The molecule has 0 radical (unpaired) electrons. The van der Waals surface area contributed by atoms with Gasteiger partial charge in [0.1, 0.15) is 0 Å². The van der Waals surface area contributed by atoms with Gasteiger partial charge in [-0.15, -0.1) is 0 Å². The Bertz CT molecular complexity index is 621. The number of hydrogen-bond acceptors (Lipinski definition) is 2. The third-order valence-corrected chi connectivity index (χ3v) is 6.01. The predicted molar refractivity (Wildman–Crippen MR) is 71.3 cm³/mol. The number of alkyl halides is 3. The van der Waals surface area contributed by atoms with E-state index in [2.05, 4.69) is 6.58 Å². The van der Waals surface area contributed by atoms with Crippen molar-refractivity contribution in [1.29, 1.82) is 0 Å². The molecule has 0 heterocycles. The van der Waals surface area contributed by atoms with Crippen LogP contribution in [0, 0.1) is 17.3 Å². The quantitative estimate of drug-likeness (QED) is 0.687. The van der Waals surface area contributed by atoms with Crippen LogP contribution in [-0.2, 0) is 9.84 Å². The summed E-state index contributed by atoms with van der Waals surface area (Å²) in [6.07, 6.45) is 3.18. The minimum atomic E-state index is -5.30. The molecule has 0 aromatic heterocycles. The largest absolute Gasteiger partial charge is 0.501 e. The van der Waals surface area contributed by atoms with E-state index in [0.29, 0.717) is 12.0 Å². The maximum Gasteiger partial charge on any atom is 0.501 e. The second kappa shape index (κ2) is 4.23. The summed E-state index contributed by atoms with van der Waals surface area (Å²) >= 11 is 0. The molecule has 2 unspecified atom stereocenters. The molecule has 6 heteroatoms. The molecular formula is C14H17F3O2S. The van der Waals surface area contributed by atoms with E-state index in [0.717, 1.165) is 11.6 Å². The molecule has 1 saturated carbocycles. The summed E-state index contributed by atoms with van der Waals surface area (Å²) in [5.74, 6) is -0.976. The van der Waals surface area contributed by atoms with Crippen molar-refractivity contribution in [3.63, 3.8) is 0 Å². The standard InChI is InChI=1S/C14H17F3O2S/c1-8-5-6-11(20(18,19)14(15,16)17)12-9(2)13(3,4)7-10(8)12/h5-6,10,12H,2,7H2,1,3-4H3. The Morgan fingerprint density at radius 2 is 1.85 bits per heavy atom. The molecule has 0 amide bonds. The van der Waals surface area contributed by atoms with E-state index in [4.69, 9.17) is 0 Å². The molecule has 2 nitrogen and oxygen atoms in total. The number of sulfone groups is 1. The highest BCUT2D eigenvalue weighted by Gasteiger charge is 2.55. The van der Waals surface area contributed by atoms with Crippen molar-refractivity contribution in [3.05, 3.63) is 34.8 Å². The van der Waals surface area contributed by atoms with Crippen LogP contribution in [0.3, 0.4) is 0 Å². The summed E-state index contributed by atoms with van der Waals surface area (Å²) in [5.41, 5.74) is -4.17. The molecule has 2 rings (SSSR count). The second-order valence-electron chi connectivity index (χ2n) is 6.13. The van der Waals surface area contributed by atoms with Crippen LogP contribution >= 0.6 is 0 Å². The fourth-order valence-electron chi connectivity index (χ4n) is 3.09. The van der Waals surface area contributed by atoms with Crippen LogP contribution in [0.5, 0.6) is 0 Å². The van der Waals surface area contributed by atoms with E-state index in [1.807, 2.05) is 20.8 Å². The van der Waals surface area contributed by atoms with Gasteiger partial charge in [0.25, 0.3) is 9.84 Å². The van der Waals surface area contributed by atoms with Crippen LogP contribution in [0.2, 0.25) is 0 Å². The first-order valence-electron chi connectivity index (χ1n) is 6.28. The third kappa shape index (κ3) is 2.05. The third-order valence-electron chi connectivity index (χ3n) is 4.39. The first-order chi connectivity index (χ1) is 8.89. The molecule has 0 aromatic rings. The van der Waals surface area contributed by atoms with Crippen LogP contribution in [0.1, 0.15) is 27.2 Å². The van der Waals surface area contributed by atoms with E-state index < -0.39 is 26.2 Å². The topological polar surface area (TPSA) is 34.1 Å². The van der Waals surface area contributed by atoms with Crippen molar-refractivity contribution in [1.82, 2.24) is 0 Å². The Morgan fingerprint density at radius 3 is 2.35 bits per heavy atom. The fraction of sp³-hybridized carbons (Fsp3) is 0.571. The van der Waals surface area contributed by atoms with Crippen LogP contribution < -0.4 is 0 Å². The molecule has 0 spiro atoms. The van der Waals surface area contributed by atoms with E-state index in [1.54, 1.807) is 0 Å². The van der Waals surface area contributed by atoms with E-state index >= 15 is 0 Å². The Hall–Kier alpha value is -1.04. The first-order valence-corrected chi connectivity index (χ1v) is 7.77. The lowest BCUT2D eigenvalue weighted by Gasteiger charge is -2.28. The van der Waals surface area contributed by atoms with E-state index in [-0.39, 0.29) is 11.3 Å². The molecule has 2 aliphatic carbocycles. The van der Waals surface area contributed by atoms with Crippen LogP contribution in [0.25, 0.3) is 0 Å². The van der Waals surface area contributed by atoms with Crippen LogP contribution in [0.4, 0.5) is 13.2 Å². The Kier molecular flexibility index (Phi) is 3.24. The SMILES string of the molecule is C=C1C2C(S(=O)(=O)C(F)(F)F)=CC=C(C)C2CC1(C)C. The van der Waals surface area contributed by atoms with Gasteiger partial charge in [0.05, 0.1) is 4.91 Å². The molecule has 0 aliphatic heterocycles. The van der Waals surface area contributed by atoms with Gasteiger partial charge < -0.3 is 0 Å². The maximum atomic E-state index is 12.8. The number of allylic oxidation sites excluding steroid dienone is 5. The Balaban J connectivity index is 2.59. The second-order valence-corrected chi connectivity index (χ2v) is 8.07. The van der Waals surface area contributed by atoms with Crippen molar-refractivity contribution in [2.45, 2.75) is 32.7 Å². The van der Waals surface area contributed by atoms with E-state index in [1.165, 1.54) is 6.08 Å². The minimum absolute atomic E-state index is 0.213. The molecule has 0 bridgehead atoms. The summed E-state index contributed by atoms with van der Waals surface area (Å²) < 4.78 is 61.9. The van der Waals surface area contributed by atoms with Gasteiger partial charge in [-0.1, -0.05) is 37.6 Å². The van der Waals surface area contributed by atoms with Gasteiger partial charge in [-0.2, -0.15) is 13.2 Å². The van der Waals surface area contributed by atoms with Gasteiger partial charge in [-0.25, -0.2) is 8.42 Å². The zero-order valence-electron chi connectivity index (χ0n) is 11.6. The number of halogens is 3. The number of hydrogen-bond donors (Lipinski definition) is 0. The maximum absolute atomic E-state index is 12.8. The average molecular weight is 306 g/mol. The van der Waals surface area contributed by atoms with Crippen molar-refractivity contribution in [2.75, 3.05) is 0 Å². The lowest BCUT2D eigenvalue weighted by molar-refractivity contribution is -0.0429. The molecular weight excluding hydrogens is 289 g/mol. The van der Waals surface area contributed by atoms with Crippen molar-refractivity contribution in [3.8, 4) is 0 Å². The van der Waals surface area contributed by atoms with Crippen LogP contribution in [0.15, 0.2) is 34.8 Å². The number of fused-ring (bicyclic) bond motifs is 1. The molecule has 2 atom stereocenters. The highest BCUT2D eigenvalue weighted by atomic mass is 32.2. The molecule has 20 heavy (non-hydrogen) atoms. The molecule has 0 saturated heterocycles. The normalized spacial score (nSPS) is 29.8. The van der Waals surface area contributed by atoms with Crippen molar-refractivity contribution in [2.24, 2.45) is 17.3 Å². The zero-order chi connectivity index (χ0) is 15.5. The van der Waals surface area contributed by atoms with Crippen molar-refractivity contribution < 1.29 is 21.6 Å². The van der Waals surface area contributed by atoms with Gasteiger partial charge in [-0.05, 0) is 30.8 Å². The summed E-state index contributed by atoms with van der Waals surface area (Å²) in [6.45, 7) is 9.47. The summed E-state index contributed by atoms with van der Waals surface area (Å²) in [6, 6.07) is 0. The average Bonchev–Trinajstić information content (AvgIpc) is 2.51. The van der Waals surface area contributed by atoms with Crippen LogP contribution in [-0.4, -0.2) is 13.9 Å². The summed E-state index contributed by atoms with van der Waals surface area (Å²) in [7, 11) is -5.30. The molecule has 0 aromatic carbocycles. The molecule has 0 N–H and O–H groups in total. The van der Waals surface area contributed by atoms with E-state index in [9.17, 15) is 21.6 Å². The van der Waals surface area contributed by atoms with Gasteiger partial charge >= 0.3 is 5.51 Å². The lowest BCUT2D eigenvalue weighted by Crippen LogP contribution is -2.31. The van der Waals surface area contributed by atoms with Gasteiger partial charge in [0.15, 0.2) is 0 Å². The molecule has 112 valence electrons. The zero-order valence-corrected chi connectivity index (χ0v) is 12.4. The van der Waals surface area contributed by atoms with Gasteiger partial charge in [-0.3, -0.25) is 0 Å². The number of rotatable bonds is 1. The summed E-state index contributed by atoms with van der Waals surface area (Å²) in [5, 5.41) is 0. The first kappa shape index (κ1) is 15.4. The smallest absolute Gasteiger partial charge is 0.215 e. The lowest BCUT2D eigenvalue weighted by atomic mass is 9.84. The predicted octanol–water partition coefficient (Wildman–Crippen LogP) is 3.98. The molecule has 2 aliphatic rings. The summed E-state index contributed by atoms with van der Waals surface area (Å²) in [4.78, 5) is -0.559. The monoisotopic (exact) mass is 306 g/mol. The van der Waals surface area contributed by atoms with Crippen molar-refractivity contribution >= 4 is 9.84 Å². The molecule has 1 fully saturated rings. The minimum Gasteiger partial charge on any atom is -0.215 e. The van der Waals surface area contributed by atoms with Gasteiger partial charge in [0.2, 0.25) is 0 Å². The highest BCUT2D eigenvalue weighted by Crippen LogP contribution is 2.57.